The maximum Gasteiger partial charge on any atom is 0.254 e. The molecule has 0 unspecified atom stereocenters. The van der Waals surface area contributed by atoms with Gasteiger partial charge in [0.25, 0.3) is 5.56 Å². The SMILES string of the molecule is COc1cccc(CNC(=O)Cn2c(=O)c(CCc3ccccc3)cc3ccc(OC)cc32)c1. The number of aromatic nitrogens is 1. The van der Waals surface area contributed by atoms with Crippen molar-refractivity contribution in [1.82, 2.24) is 9.88 Å². The van der Waals surface area contributed by atoms with E-state index in [0.29, 0.717) is 29.8 Å². The number of carbonyl (C=O) groups is 1. The maximum atomic E-state index is 13.4. The molecule has 1 N–H and O–H groups in total. The standard InChI is InChI=1S/C28H28N2O4/c1-33-24-10-6-9-21(15-24)18-29-27(31)19-30-26-17-25(34-2)14-13-22(26)16-23(28(30)32)12-11-20-7-4-3-5-8-20/h3-10,13-17H,11-12,18-19H2,1-2H3,(H,29,31). The molecule has 174 valence electrons. The van der Waals surface area contributed by atoms with Gasteiger partial charge in [-0.15, -0.1) is 0 Å². The highest BCUT2D eigenvalue weighted by Gasteiger charge is 2.14. The number of benzene rings is 3. The van der Waals surface area contributed by atoms with Crippen LogP contribution in [-0.4, -0.2) is 24.7 Å². The topological polar surface area (TPSA) is 69.6 Å². The molecule has 0 aliphatic heterocycles. The van der Waals surface area contributed by atoms with E-state index >= 15 is 0 Å². The highest BCUT2D eigenvalue weighted by Crippen LogP contribution is 2.21. The number of carbonyl (C=O) groups excluding carboxylic acids is 1. The van der Waals surface area contributed by atoms with Crippen LogP contribution in [0.4, 0.5) is 0 Å². The smallest absolute Gasteiger partial charge is 0.254 e. The first-order chi connectivity index (χ1) is 16.6. The van der Waals surface area contributed by atoms with Gasteiger partial charge < -0.3 is 14.8 Å². The second-order valence-electron chi connectivity index (χ2n) is 8.10. The van der Waals surface area contributed by atoms with Crippen LogP contribution in [0.15, 0.2) is 83.7 Å². The van der Waals surface area contributed by atoms with E-state index in [1.807, 2.05) is 60.7 Å². The van der Waals surface area contributed by atoms with Crippen molar-refractivity contribution < 1.29 is 14.3 Å². The summed E-state index contributed by atoms with van der Waals surface area (Å²) in [5.74, 6) is 1.12. The molecule has 0 atom stereocenters. The zero-order valence-corrected chi connectivity index (χ0v) is 19.4. The van der Waals surface area contributed by atoms with Crippen molar-refractivity contribution in [1.29, 1.82) is 0 Å². The predicted molar refractivity (Wildman–Crippen MR) is 133 cm³/mol. The summed E-state index contributed by atoms with van der Waals surface area (Å²) in [5, 5.41) is 3.80. The summed E-state index contributed by atoms with van der Waals surface area (Å²) in [5.41, 5.74) is 3.28. The third-order valence-corrected chi connectivity index (χ3v) is 5.83. The van der Waals surface area contributed by atoms with Crippen LogP contribution in [0.1, 0.15) is 16.7 Å². The first-order valence-corrected chi connectivity index (χ1v) is 11.2. The van der Waals surface area contributed by atoms with Crippen molar-refractivity contribution >= 4 is 16.8 Å². The van der Waals surface area contributed by atoms with Crippen molar-refractivity contribution in [3.8, 4) is 11.5 Å². The van der Waals surface area contributed by atoms with E-state index in [0.717, 1.165) is 23.1 Å². The summed E-state index contributed by atoms with van der Waals surface area (Å²) >= 11 is 0. The van der Waals surface area contributed by atoms with Crippen LogP contribution in [0, 0.1) is 0 Å². The van der Waals surface area contributed by atoms with Gasteiger partial charge in [0, 0.05) is 18.2 Å². The lowest BCUT2D eigenvalue weighted by molar-refractivity contribution is -0.121. The van der Waals surface area contributed by atoms with E-state index in [2.05, 4.69) is 17.4 Å². The van der Waals surface area contributed by atoms with Gasteiger partial charge in [-0.25, -0.2) is 0 Å². The Labute approximate surface area is 198 Å². The predicted octanol–water partition coefficient (Wildman–Crippen LogP) is 4.12. The van der Waals surface area contributed by atoms with Gasteiger partial charge >= 0.3 is 0 Å². The number of pyridine rings is 1. The molecular formula is C28H28N2O4. The molecule has 0 fully saturated rings. The van der Waals surface area contributed by atoms with E-state index in [9.17, 15) is 9.59 Å². The highest BCUT2D eigenvalue weighted by atomic mass is 16.5. The number of methoxy groups -OCH3 is 2. The van der Waals surface area contributed by atoms with Gasteiger partial charge in [0.05, 0.1) is 19.7 Å². The van der Waals surface area contributed by atoms with Crippen molar-refractivity contribution in [3.05, 3.63) is 106 Å². The summed E-state index contributed by atoms with van der Waals surface area (Å²) in [6.07, 6.45) is 1.34. The lowest BCUT2D eigenvalue weighted by Crippen LogP contribution is -2.33. The van der Waals surface area contributed by atoms with Crippen molar-refractivity contribution in [2.24, 2.45) is 0 Å². The van der Waals surface area contributed by atoms with E-state index < -0.39 is 0 Å². The molecule has 3 aromatic carbocycles. The van der Waals surface area contributed by atoms with Crippen LogP contribution in [0.5, 0.6) is 11.5 Å². The molecule has 4 rings (SSSR count). The largest absolute Gasteiger partial charge is 0.497 e. The third-order valence-electron chi connectivity index (χ3n) is 5.83. The number of rotatable bonds is 9. The van der Waals surface area contributed by atoms with Gasteiger partial charge in [0.15, 0.2) is 0 Å². The minimum absolute atomic E-state index is 0.0777. The van der Waals surface area contributed by atoms with Crippen LogP contribution < -0.4 is 20.3 Å². The molecule has 4 aromatic rings. The highest BCUT2D eigenvalue weighted by molar-refractivity contribution is 5.84. The summed E-state index contributed by atoms with van der Waals surface area (Å²) in [7, 11) is 3.19. The molecule has 0 aliphatic rings. The minimum Gasteiger partial charge on any atom is -0.497 e. The average Bonchev–Trinajstić information content (AvgIpc) is 2.88. The van der Waals surface area contributed by atoms with Crippen LogP contribution in [0.3, 0.4) is 0 Å². The Kier molecular flexibility index (Phi) is 7.28. The lowest BCUT2D eigenvalue weighted by atomic mass is 10.0. The van der Waals surface area contributed by atoms with Crippen molar-refractivity contribution in [2.75, 3.05) is 14.2 Å². The van der Waals surface area contributed by atoms with Gasteiger partial charge in [-0.2, -0.15) is 0 Å². The minimum atomic E-state index is -0.241. The molecule has 0 saturated heterocycles. The van der Waals surface area contributed by atoms with Gasteiger partial charge in [0.2, 0.25) is 5.91 Å². The number of nitrogens with one attached hydrogen (secondary N) is 1. The molecule has 0 aliphatic carbocycles. The second kappa shape index (κ2) is 10.7. The Hall–Kier alpha value is -4.06. The van der Waals surface area contributed by atoms with Crippen LogP contribution >= 0.6 is 0 Å². The molecule has 0 spiro atoms. The fraction of sp³-hybridized carbons (Fsp3) is 0.214. The summed E-state index contributed by atoms with van der Waals surface area (Å²) < 4.78 is 12.1. The summed E-state index contributed by atoms with van der Waals surface area (Å²) in [6.45, 7) is 0.269. The Morgan fingerprint density at radius 2 is 1.56 bits per heavy atom. The van der Waals surface area contributed by atoms with Crippen LogP contribution in [0.25, 0.3) is 10.9 Å². The van der Waals surface area contributed by atoms with Crippen LogP contribution in [-0.2, 0) is 30.7 Å². The molecule has 1 heterocycles. The fourth-order valence-electron chi connectivity index (χ4n) is 3.98. The van der Waals surface area contributed by atoms with E-state index in [-0.39, 0.29) is 18.0 Å². The Morgan fingerprint density at radius 1 is 0.824 bits per heavy atom. The fourth-order valence-corrected chi connectivity index (χ4v) is 3.98. The summed E-state index contributed by atoms with van der Waals surface area (Å²) in [6, 6.07) is 25.1. The molecule has 6 heteroatoms. The molecule has 6 nitrogen and oxygen atoms in total. The van der Waals surface area contributed by atoms with E-state index in [4.69, 9.17) is 9.47 Å². The number of aryl methyl sites for hydroxylation is 2. The second-order valence-corrected chi connectivity index (χ2v) is 8.10. The number of amides is 1. The number of hydrogen-bond donors (Lipinski definition) is 1. The molecule has 34 heavy (non-hydrogen) atoms. The Morgan fingerprint density at radius 3 is 2.32 bits per heavy atom. The van der Waals surface area contributed by atoms with Crippen molar-refractivity contribution in [3.63, 3.8) is 0 Å². The van der Waals surface area contributed by atoms with Crippen LogP contribution in [0.2, 0.25) is 0 Å². The number of fused-ring (bicyclic) bond motifs is 1. The van der Waals surface area contributed by atoms with E-state index in [1.54, 1.807) is 24.9 Å². The number of ether oxygens (including phenoxy) is 2. The van der Waals surface area contributed by atoms with Gasteiger partial charge in [0.1, 0.15) is 18.0 Å². The number of nitrogens with zero attached hydrogens (tertiary/aromatic N) is 1. The molecule has 0 saturated carbocycles. The zero-order valence-electron chi connectivity index (χ0n) is 19.4. The molecule has 1 aromatic heterocycles. The Bertz CT molecular complexity index is 1350. The van der Waals surface area contributed by atoms with Gasteiger partial charge in [-0.1, -0.05) is 42.5 Å². The average molecular weight is 457 g/mol. The zero-order chi connectivity index (χ0) is 23.9. The molecule has 0 radical (unpaired) electrons. The first-order valence-electron chi connectivity index (χ1n) is 11.2. The monoisotopic (exact) mass is 456 g/mol. The van der Waals surface area contributed by atoms with Crippen molar-refractivity contribution in [2.45, 2.75) is 25.9 Å². The maximum absolute atomic E-state index is 13.4. The van der Waals surface area contributed by atoms with Gasteiger partial charge in [-0.3, -0.25) is 14.2 Å². The molecule has 0 bridgehead atoms. The first kappa shape index (κ1) is 23.1. The molecule has 1 amide bonds. The Balaban J connectivity index is 1.59. The quantitative estimate of drug-likeness (QED) is 0.411. The third kappa shape index (κ3) is 5.46. The normalized spacial score (nSPS) is 10.8. The lowest BCUT2D eigenvalue weighted by Gasteiger charge is -2.14. The summed E-state index contributed by atoms with van der Waals surface area (Å²) in [4.78, 5) is 26.3. The number of hydrogen-bond acceptors (Lipinski definition) is 4. The van der Waals surface area contributed by atoms with E-state index in [1.165, 1.54) is 5.56 Å². The van der Waals surface area contributed by atoms with Gasteiger partial charge in [-0.05, 0) is 59.7 Å². The molecular weight excluding hydrogens is 428 g/mol.